The van der Waals surface area contributed by atoms with E-state index in [0.29, 0.717) is 25.9 Å². The van der Waals surface area contributed by atoms with E-state index in [9.17, 15) is 9.59 Å². The van der Waals surface area contributed by atoms with E-state index in [0.717, 1.165) is 16.9 Å². The summed E-state index contributed by atoms with van der Waals surface area (Å²) in [7, 11) is 0. The van der Waals surface area contributed by atoms with Crippen LogP contribution in [0.1, 0.15) is 12.2 Å². The normalized spacial score (nSPS) is 15.4. The van der Waals surface area contributed by atoms with Gasteiger partial charge in [0.15, 0.2) is 0 Å². The highest BCUT2D eigenvalue weighted by Gasteiger charge is 2.20. The number of aryl methyl sites for hydroxylation is 1. The number of imidazole rings is 1. The zero-order chi connectivity index (χ0) is 13.9. The van der Waals surface area contributed by atoms with Gasteiger partial charge in [0.25, 0.3) is 0 Å². The predicted molar refractivity (Wildman–Crippen MR) is 74.0 cm³/mol. The molecule has 1 saturated heterocycles. The first-order chi connectivity index (χ1) is 9.72. The Hall–Kier alpha value is -2.37. The third-order valence-corrected chi connectivity index (χ3v) is 3.41. The maximum atomic E-state index is 12.0. The number of aromatic nitrogens is 2. The summed E-state index contributed by atoms with van der Waals surface area (Å²) in [5.74, 6) is 0.717. The standard InChI is InChI=1S/C14H16N4O2/c19-13-9-18(8-7-15-13)14(20)6-5-12-16-10-3-1-2-4-11(10)17-12/h1-4H,5-9H2,(H,15,19)(H,16,17). The summed E-state index contributed by atoms with van der Waals surface area (Å²) in [6.07, 6.45) is 0.929. The van der Waals surface area contributed by atoms with E-state index in [-0.39, 0.29) is 18.4 Å². The lowest BCUT2D eigenvalue weighted by Gasteiger charge is -2.26. The van der Waals surface area contributed by atoms with E-state index in [2.05, 4.69) is 15.3 Å². The summed E-state index contributed by atoms with van der Waals surface area (Å²) in [5.41, 5.74) is 1.89. The van der Waals surface area contributed by atoms with Crippen molar-refractivity contribution in [1.82, 2.24) is 20.2 Å². The summed E-state index contributed by atoms with van der Waals surface area (Å²) >= 11 is 0. The van der Waals surface area contributed by atoms with Gasteiger partial charge in [0, 0.05) is 25.9 Å². The average molecular weight is 272 g/mol. The van der Waals surface area contributed by atoms with Crippen LogP contribution in [-0.2, 0) is 16.0 Å². The first kappa shape index (κ1) is 12.7. The SMILES string of the molecule is O=C1CN(C(=O)CCc2nc3ccccc3[nH]2)CCN1. The molecule has 3 rings (SSSR count). The fourth-order valence-corrected chi connectivity index (χ4v) is 2.36. The molecule has 0 radical (unpaired) electrons. The number of carbonyl (C=O) groups excluding carboxylic acids is 2. The Bertz CT molecular complexity index is 616. The molecule has 0 bridgehead atoms. The van der Waals surface area contributed by atoms with Crippen molar-refractivity contribution >= 4 is 22.8 Å². The molecule has 6 heteroatoms. The lowest BCUT2D eigenvalue weighted by molar-refractivity contribution is -0.138. The highest BCUT2D eigenvalue weighted by molar-refractivity contribution is 5.86. The third-order valence-electron chi connectivity index (χ3n) is 3.41. The van der Waals surface area contributed by atoms with Crippen molar-refractivity contribution in [3.63, 3.8) is 0 Å². The Kier molecular flexibility index (Phi) is 3.37. The van der Waals surface area contributed by atoms with E-state index in [1.807, 2.05) is 24.3 Å². The van der Waals surface area contributed by atoms with Crippen molar-refractivity contribution in [2.45, 2.75) is 12.8 Å². The lowest BCUT2D eigenvalue weighted by atomic mass is 10.2. The molecule has 1 fully saturated rings. The molecule has 0 saturated carbocycles. The number of hydrogen-bond acceptors (Lipinski definition) is 3. The first-order valence-electron chi connectivity index (χ1n) is 6.70. The van der Waals surface area contributed by atoms with E-state index < -0.39 is 0 Å². The van der Waals surface area contributed by atoms with Crippen LogP contribution in [0.2, 0.25) is 0 Å². The Balaban J connectivity index is 1.61. The minimum absolute atomic E-state index is 0.000283. The number of nitrogens with one attached hydrogen (secondary N) is 2. The molecule has 0 unspecified atom stereocenters. The molecule has 0 spiro atoms. The topological polar surface area (TPSA) is 78.1 Å². The summed E-state index contributed by atoms with van der Waals surface area (Å²) in [5, 5.41) is 2.71. The molecule has 1 aromatic carbocycles. The number of hydrogen-bond donors (Lipinski definition) is 2. The molecule has 2 N–H and O–H groups in total. The summed E-state index contributed by atoms with van der Waals surface area (Å²) in [6, 6.07) is 7.78. The number of carbonyl (C=O) groups is 2. The molecule has 2 aromatic rings. The van der Waals surface area contributed by atoms with Crippen molar-refractivity contribution in [2.75, 3.05) is 19.6 Å². The van der Waals surface area contributed by atoms with E-state index in [1.54, 1.807) is 4.90 Å². The molecule has 6 nitrogen and oxygen atoms in total. The fourth-order valence-electron chi connectivity index (χ4n) is 2.36. The number of H-pyrrole nitrogens is 1. The monoisotopic (exact) mass is 272 g/mol. The number of fused-ring (bicyclic) bond motifs is 1. The van der Waals surface area contributed by atoms with Gasteiger partial charge in [-0.2, -0.15) is 0 Å². The Morgan fingerprint density at radius 2 is 2.20 bits per heavy atom. The largest absolute Gasteiger partial charge is 0.353 e. The van der Waals surface area contributed by atoms with E-state index >= 15 is 0 Å². The second kappa shape index (κ2) is 5.32. The summed E-state index contributed by atoms with van der Waals surface area (Å²) in [4.78, 5) is 32.5. The van der Waals surface area contributed by atoms with Crippen molar-refractivity contribution in [3.05, 3.63) is 30.1 Å². The molecule has 2 heterocycles. The quantitative estimate of drug-likeness (QED) is 0.851. The number of nitrogens with zero attached hydrogens (tertiary/aromatic N) is 2. The molecule has 1 aromatic heterocycles. The zero-order valence-electron chi connectivity index (χ0n) is 11.1. The Labute approximate surface area is 116 Å². The van der Waals surface area contributed by atoms with Gasteiger partial charge in [-0.15, -0.1) is 0 Å². The lowest BCUT2D eigenvalue weighted by Crippen LogP contribution is -2.50. The van der Waals surface area contributed by atoms with E-state index in [1.165, 1.54) is 0 Å². The van der Waals surface area contributed by atoms with Crippen LogP contribution in [-0.4, -0.2) is 46.3 Å². The van der Waals surface area contributed by atoms with Crippen LogP contribution >= 0.6 is 0 Å². The highest BCUT2D eigenvalue weighted by atomic mass is 16.2. The van der Waals surface area contributed by atoms with Gasteiger partial charge < -0.3 is 15.2 Å². The number of aromatic amines is 1. The van der Waals surface area contributed by atoms with Crippen LogP contribution in [0.3, 0.4) is 0 Å². The molecule has 0 aliphatic carbocycles. The van der Waals surface area contributed by atoms with Crippen molar-refractivity contribution < 1.29 is 9.59 Å². The third kappa shape index (κ3) is 2.64. The van der Waals surface area contributed by atoms with Crippen LogP contribution in [0, 0.1) is 0 Å². The van der Waals surface area contributed by atoms with E-state index in [4.69, 9.17) is 0 Å². The maximum absolute atomic E-state index is 12.0. The second-order valence-electron chi connectivity index (χ2n) is 4.87. The fraction of sp³-hybridized carbons (Fsp3) is 0.357. The van der Waals surface area contributed by atoms with Crippen LogP contribution in [0.15, 0.2) is 24.3 Å². The van der Waals surface area contributed by atoms with Gasteiger partial charge in [-0.3, -0.25) is 9.59 Å². The molecular weight excluding hydrogens is 256 g/mol. The maximum Gasteiger partial charge on any atom is 0.239 e. The molecule has 1 aliphatic heterocycles. The van der Waals surface area contributed by atoms with Crippen LogP contribution < -0.4 is 5.32 Å². The molecular formula is C14H16N4O2. The van der Waals surface area contributed by atoms with Crippen LogP contribution in [0.4, 0.5) is 0 Å². The Morgan fingerprint density at radius 1 is 1.35 bits per heavy atom. The first-order valence-corrected chi connectivity index (χ1v) is 6.70. The smallest absolute Gasteiger partial charge is 0.239 e. The van der Waals surface area contributed by atoms with Gasteiger partial charge >= 0.3 is 0 Å². The van der Waals surface area contributed by atoms with Gasteiger partial charge in [-0.05, 0) is 12.1 Å². The van der Waals surface area contributed by atoms with Crippen molar-refractivity contribution in [2.24, 2.45) is 0 Å². The Morgan fingerprint density at radius 3 is 3.00 bits per heavy atom. The van der Waals surface area contributed by atoms with Gasteiger partial charge in [0.1, 0.15) is 5.82 Å². The summed E-state index contributed by atoms with van der Waals surface area (Å²) in [6.45, 7) is 1.29. The molecule has 20 heavy (non-hydrogen) atoms. The number of rotatable bonds is 3. The number of amides is 2. The second-order valence-corrected chi connectivity index (χ2v) is 4.87. The number of para-hydroxylation sites is 2. The minimum Gasteiger partial charge on any atom is -0.353 e. The van der Waals surface area contributed by atoms with Crippen molar-refractivity contribution in [3.8, 4) is 0 Å². The predicted octanol–water partition coefficient (Wildman–Crippen LogP) is 0.454. The molecule has 104 valence electrons. The minimum atomic E-state index is -0.0895. The van der Waals surface area contributed by atoms with Gasteiger partial charge in [0.05, 0.1) is 17.6 Å². The van der Waals surface area contributed by atoms with Gasteiger partial charge in [0.2, 0.25) is 11.8 Å². The van der Waals surface area contributed by atoms with Gasteiger partial charge in [-0.1, -0.05) is 12.1 Å². The van der Waals surface area contributed by atoms with Crippen LogP contribution in [0.5, 0.6) is 0 Å². The average Bonchev–Trinajstić information content (AvgIpc) is 2.87. The molecule has 1 aliphatic rings. The highest BCUT2D eigenvalue weighted by Crippen LogP contribution is 2.12. The number of piperazine rings is 1. The number of benzene rings is 1. The van der Waals surface area contributed by atoms with Crippen LogP contribution in [0.25, 0.3) is 11.0 Å². The van der Waals surface area contributed by atoms with Crippen molar-refractivity contribution in [1.29, 1.82) is 0 Å². The molecule has 0 atom stereocenters. The molecule has 2 amide bonds. The summed E-state index contributed by atoms with van der Waals surface area (Å²) < 4.78 is 0. The van der Waals surface area contributed by atoms with Gasteiger partial charge in [-0.25, -0.2) is 4.98 Å². The zero-order valence-corrected chi connectivity index (χ0v) is 11.1.